The van der Waals surface area contributed by atoms with E-state index in [4.69, 9.17) is 23.3 Å². The highest BCUT2D eigenvalue weighted by Crippen LogP contribution is 2.30. The summed E-state index contributed by atoms with van der Waals surface area (Å²) in [4.78, 5) is 16.7. The van der Waals surface area contributed by atoms with Crippen molar-refractivity contribution in [3.05, 3.63) is 63.4 Å². The van der Waals surface area contributed by atoms with Gasteiger partial charge in [0.05, 0.1) is 29.5 Å². The van der Waals surface area contributed by atoms with Crippen LogP contribution in [0, 0.1) is 13.8 Å². The van der Waals surface area contributed by atoms with E-state index in [2.05, 4.69) is 15.3 Å². The maximum absolute atomic E-state index is 12.4. The third-order valence-corrected chi connectivity index (χ3v) is 5.20. The summed E-state index contributed by atoms with van der Waals surface area (Å²) in [5.41, 5.74) is 2.77. The highest BCUT2D eigenvalue weighted by atomic mass is 32.1. The lowest BCUT2D eigenvalue weighted by atomic mass is 10.2. The first kappa shape index (κ1) is 20.6. The lowest BCUT2D eigenvalue weighted by Crippen LogP contribution is -2.07. The van der Waals surface area contributed by atoms with Gasteiger partial charge in [0.25, 0.3) is 5.89 Å². The summed E-state index contributed by atoms with van der Waals surface area (Å²) in [6.07, 6.45) is 0. The molecule has 0 aliphatic carbocycles. The van der Waals surface area contributed by atoms with E-state index in [1.165, 1.54) is 18.4 Å². The van der Waals surface area contributed by atoms with Crippen molar-refractivity contribution in [3.63, 3.8) is 0 Å². The molecule has 4 rings (SSSR count). The molecule has 9 nitrogen and oxygen atoms in total. The third kappa shape index (κ3) is 4.58. The maximum atomic E-state index is 12.4. The molecule has 10 heteroatoms. The van der Waals surface area contributed by atoms with Crippen molar-refractivity contribution < 1.29 is 28.1 Å². The molecule has 0 unspecified atom stereocenters. The van der Waals surface area contributed by atoms with E-state index in [9.17, 15) is 4.79 Å². The topological polar surface area (TPSA) is 110 Å². The van der Waals surface area contributed by atoms with Crippen LogP contribution in [0.25, 0.3) is 11.5 Å². The number of hydrogen-bond donors (Lipinski definition) is 0. The molecule has 0 atom stereocenters. The number of carbonyl (C=O) groups is 1. The van der Waals surface area contributed by atoms with Crippen molar-refractivity contribution in [3.8, 4) is 23.0 Å². The van der Waals surface area contributed by atoms with Crippen LogP contribution in [0.3, 0.4) is 0 Å². The summed E-state index contributed by atoms with van der Waals surface area (Å²) in [5, 5.41) is 11.5. The molecule has 160 valence electrons. The molecule has 0 amide bonds. The molecular formula is C21H19N3O6S. The zero-order valence-electron chi connectivity index (χ0n) is 17.1. The SMILES string of the molecule is COc1cc(C(=O)OCc2noc(-c3ccsc3)n2)ccc1OCc1c(C)noc1C. The molecule has 0 aliphatic heterocycles. The van der Waals surface area contributed by atoms with Crippen molar-refractivity contribution in [2.24, 2.45) is 0 Å². The number of thiophene rings is 1. The van der Waals surface area contributed by atoms with Gasteiger partial charge < -0.3 is 23.3 Å². The molecule has 0 spiro atoms. The van der Waals surface area contributed by atoms with Crippen LogP contribution in [-0.2, 0) is 18.0 Å². The fourth-order valence-corrected chi connectivity index (χ4v) is 3.43. The van der Waals surface area contributed by atoms with E-state index in [1.54, 1.807) is 18.2 Å². The van der Waals surface area contributed by atoms with Crippen LogP contribution in [0.2, 0.25) is 0 Å². The lowest BCUT2D eigenvalue weighted by molar-refractivity contribution is 0.0459. The fraction of sp³-hybridized carbons (Fsp3) is 0.238. The summed E-state index contributed by atoms with van der Waals surface area (Å²) < 4.78 is 26.8. The molecule has 1 aromatic carbocycles. The predicted octanol–water partition coefficient (Wildman–Crippen LogP) is 4.35. The zero-order valence-corrected chi connectivity index (χ0v) is 17.9. The summed E-state index contributed by atoms with van der Waals surface area (Å²) in [5.74, 6) is 1.70. The highest BCUT2D eigenvalue weighted by molar-refractivity contribution is 7.08. The van der Waals surface area contributed by atoms with Crippen molar-refractivity contribution >= 4 is 17.3 Å². The number of benzene rings is 1. The molecule has 31 heavy (non-hydrogen) atoms. The molecule has 3 heterocycles. The molecule has 0 radical (unpaired) electrons. The van der Waals surface area contributed by atoms with Gasteiger partial charge in [0.15, 0.2) is 18.1 Å². The van der Waals surface area contributed by atoms with Gasteiger partial charge in [-0.3, -0.25) is 0 Å². The molecule has 4 aromatic rings. The van der Waals surface area contributed by atoms with Gasteiger partial charge in [-0.15, -0.1) is 0 Å². The van der Waals surface area contributed by atoms with Crippen LogP contribution in [0.5, 0.6) is 11.5 Å². The van der Waals surface area contributed by atoms with Gasteiger partial charge in [0.1, 0.15) is 12.4 Å². The molecule has 0 saturated carbocycles. The molecular weight excluding hydrogens is 422 g/mol. The predicted molar refractivity (Wildman–Crippen MR) is 110 cm³/mol. The van der Waals surface area contributed by atoms with Crippen LogP contribution in [0.4, 0.5) is 0 Å². The van der Waals surface area contributed by atoms with Gasteiger partial charge in [0, 0.05) is 5.38 Å². The monoisotopic (exact) mass is 441 g/mol. The average Bonchev–Trinajstić information content (AvgIpc) is 3.53. The highest BCUT2D eigenvalue weighted by Gasteiger charge is 2.16. The first-order valence-electron chi connectivity index (χ1n) is 9.30. The van der Waals surface area contributed by atoms with Crippen molar-refractivity contribution in [2.45, 2.75) is 27.1 Å². The molecule has 0 aliphatic rings. The average molecular weight is 441 g/mol. The standard InChI is InChI=1S/C21H19N3O6S/c1-12-16(13(2)29-23-12)9-27-17-5-4-14(8-18(17)26-3)21(25)28-10-19-22-20(30-24-19)15-6-7-31-11-15/h4-8,11H,9-10H2,1-3H3. The van der Waals surface area contributed by atoms with Gasteiger partial charge in [-0.1, -0.05) is 10.3 Å². The summed E-state index contributed by atoms with van der Waals surface area (Å²) >= 11 is 1.52. The Balaban J connectivity index is 1.39. The van der Waals surface area contributed by atoms with Crippen molar-refractivity contribution in [2.75, 3.05) is 7.11 Å². The van der Waals surface area contributed by atoms with Gasteiger partial charge in [-0.05, 0) is 43.5 Å². The summed E-state index contributed by atoms with van der Waals surface area (Å²) in [7, 11) is 1.50. The Bertz CT molecular complexity index is 1160. The summed E-state index contributed by atoms with van der Waals surface area (Å²) in [6.45, 7) is 3.82. The smallest absolute Gasteiger partial charge is 0.338 e. The van der Waals surface area contributed by atoms with Crippen LogP contribution in [-0.4, -0.2) is 28.4 Å². The van der Waals surface area contributed by atoms with E-state index in [-0.39, 0.29) is 19.0 Å². The van der Waals surface area contributed by atoms with E-state index in [1.807, 2.05) is 30.7 Å². The van der Waals surface area contributed by atoms with Gasteiger partial charge >= 0.3 is 5.97 Å². The fourth-order valence-electron chi connectivity index (χ4n) is 2.80. The number of carbonyl (C=O) groups excluding carboxylic acids is 1. The molecule has 0 fully saturated rings. The number of aryl methyl sites for hydroxylation is 2. The largest absolute Gasteiger partial charge is 0.493 e. The van der Waals surface area contributed by atoms with Gasteiger partial charge in [-0.2, -0.15) is 16.3 Å². The number of methoxy groups -OCH3 is 1. The maximum Gasteiger partial charge on any atom is 0.338 e. The second kappa shape index (κ2) is 9.00. The van der Waals surface area contributed by atoms with Crippen LogP contribution in [0.15, 0.2) is 44.1 Å². The molecule has 0 bridgehead atoms. The first-order chi connectivity index (χ1) is 15.0. The number of aromatic nitrogens is 3. The Morgan fingerprint density at radius 3 is 2.68 bits per heavy atom. The van der Waals surface area contributed by atoms with Crippen LogP contribution < -0.4 is 9.47 Å². The Morgan fingerprint density at radius 2 is 1.97 bits per heavy atom. The van der Waals surface area contributed by atoms with E-state index in [0.717, 1.165) is 16.8 Å². The Labute approximate surface area is 181 Å². The Hall–Kier alpha value is -3.66. The second-order valence-corrected chi connectivity index (χ2v) is 7.34. The second-order valence-electron chi connectivity index (χ2n) is 6.56. The minimum atomic E-state index is -0.544. The minimum Gasteiger partial charge on any atom is -0.493 e. The van der Waals surface area contributed by atoms with Gasteiger partial charge in [-0.25, -0.2) is 4.79 Å². The number of ether oxygens (including phenoxy) is 3. The molecule has 0 N–H and O–H groups in total. The number of nitrogens with zero attached hydrogens (tertiary/aromatic N) is 3. The number of hydrogen-bond acceptors (Lipinski definition) is 10. The quantitative estimate of drug-likeness (QED) is 0.369. The lowest BCUT2D eigenvalue weighted by Gasteiger charge is -2.12. The van der Waals surface area contributed by atoms with Gasteiger partial charge in [0.2, 0.25) is 5.82 Å². The normalized spacial score (nSPS) is 10.8. The number of rotatable bonds is 8. The Kier molecular flexibility index (Phi) is 5.99. The molecule has 0 saturated heterocycles. The minimum absolute atomic E-state index is 0.112. The van der Waals surface area contributed by atoms with Crippen molar-refractivity contribution in [1.29, 1.82) is 0 Å². The summed E-state index contributed by atoms with van der Waals surface area (Å²) in [6, 6.07) is 6.67. The van der Waals surface area contributed by atoms with Crippen LogP contribution in [0.1, 0.15) is 33.2 Å². The van der Waals surface area contributed by atoms with E-state index in [0.29, 0.717) is 28.7 Å². The molecule has 3 aromatic heterocycles. The third-order valence-electron chi connectivity index (χ3n) is 4.52. The van der Waals surface area contributed by atoms with Crippen molar-refractivity contribution in [1.82, 2.24) is 15.3 Å². The van der Waals surface area contributed by atoms with Crippen LogP contribution >= 0.6 is 11.3 Å². The zero-order chi connectivity index (χ0) is 21.8. The van der Waals surface area contributed by atoms with E-state index < -0.39 is 5.97 Å². The Morgan fingerprint density at radius 1 is 1.10 bits per heavy atom. The first-order valence-corrected chi connectivity index (χ1v) is 10.2. The van der Waals surface area contributed by atoms with E-state index >= 15 is 0 Å². The number of esters is 1.